The van der Waals surface area contributed by atoms with Gasteiger partial charge in [0.05, 0.1) is 20.8 Å². The number of aliphatic imine (C=N–C) groups is 1. The average Bonchev–Trinajstić information content (AvgIpc) is 3.37. The molecule has 0 fully saturated rings. The van der Waals surface area contributed by atoms with Gasteiger partial charge in [-0.3, -0.25) is 4.79 Å². The van der Waals surface area contributed by atoms with Gasteiger partial charge in [-0.25, -0.2) is 4.99 Å². The molecule has 0 bridgehead atoms. The number of nitrogens with one attached hydrogen (secondary N) is 1. The van der Waals surface area contributed by atoms with Crippen molar-refractivity contribution in [3.8, 4) is 17.2 Å². The second-order valence-electron chi connectivity index (χ2n) is 8.68. The Balaban J connectivity index is 1.56. The van der Waals surface area contributed by atoms with Crippen LogP contribution in [0.3, 0.4) is 0 Å². The number of hydrogen-bond acceptors (Lipinski definition) is 7. The lowest BCUT2D eigenvalue weighted by Crippen LogP contribution is -2.48. The lowest BCUT2D eigenvalue weighted by atomic mass is 9.91. The predicted molar refractivity (Wildman–Crippen MR) is 140 cm³/mol. The first-order chi connectivity index (χ1) is 18.1. The van der Waals surface area contributed by atoms with Gasteiger partial charge in [0.15, 0.2) is 17.0 Å². The summed E-state index contributed by atoms with van der Waals surface area (Å²) in [4.78, 5) is 18.5. The quantitative estimate of drug-likeness (QED) is 0.366. The highest BCUT2D eigenvalue weighted by molar-refractivity contribution is 6.00. The summed E-state index contributed by atoms with van der Waals surface area (Å²) in [5.41, 5.74) is 1.41. The third kappa shape index (κ3) is 6.21. The number of rotatable bonds is 12. The van der Waals surface area contributed by atoms with E-state index in [2.05, 4.69) is 5.32 Å². The molecule has 0 aromatic heterocycles. The third-order valence-electron chi connectivity index (χ3n) is 6.12. The van der Waals surface area contributed by atoms with Crippen LogP contribution in [0.25, 0.3) is 0 Å². The highest BCUT2D eigenvalue weighted by Crippen LogP contribution is 2.31. The van der Waals surface area contributed by atoms with Crippen LogP contribution in [-0.2, 0) is 22.5 Å². The van der Waals surface area contributed by atoms with Gasteiger partial charge < -0.3 is 29.4 Å². The van der Waals surface area contributed by atoms with Gasteiger partial charge in [0.2, 0.25) is 5.90 Å². The summed E-state index contributed by atoms with van der Waals surface area (Å²) in [5, 5.41) is 12.0. The number of aliphatic hydroxyl groups is 1. The zero-order valence-electron chi connectivity index (χ0n) is 21.1. The van der Waals surface area contributed by atoms with Crippen LogP contribution in [-0.4, -0.2) is 56.5 Å². The van der Waals surface area contributed by atoms with Crippen molar-refractivity contribution in [1.82, 2.24) is 5.32 Å². The highest BCUT2D eigenvalue weighted by atomic mass is 16.5. The molecule has 1 aliphatic rings. The first-order valence-electron chi connectivity index (χ1n) is 12.2. The van der Waals surface area contributed by atoms with Crippen LogP contribution in [0, 0.1) is 0 Å². The fourth-order valence-electron chi connectivity index (χ4n) is 4.20. The average molecular weight is 505 g/mol. The van der Waals surface area contributed by atoms with E-state index < -0.39 is 5.54 Å². The van der Waals surface area contributed by atoms with Crippen LogP contribution in [0.15, 0.2) is 77.8 Å². The number of aliphatic hydroxyl groups excluding tert-OH is 1. The molecule has 0 aliphatic carbocycles. The zero-order valence-corrected chi connectivity index (χ0v) is 21.1. The van der Waals surface area contributed by atoms with Gasteiger partial charge in [-0.05, 0) is 35.9 Å². The van der Waals surface area contributed by atoms with E-state index in [9.17, 15) is 4.79 Å². The molecular formula is C29H32N2O6. The fraction of sp³-hybridized carbons (Fsp3) is 0.310. The molecule has 1 heterocycles. The van der Waals surface area contributed by atoms with E-state index >= 15 is 0 Å². The maximum atomic E-state index is 13.7. The number of ether oxygens (including phenoxy) is 4. The van der Waals surface area contributed by atoms with Gasteiger partial charge in [-0.2, -0.15) is 0 Å². The van der Waals surface area contributed by atoms with Crippen molar-refractivity contribution in [2.45, 2.75) is 24.9 Å². The van der Waals surface area contributed by atoms with Crippen molar-refractivity contribution in [2.75, 3.05) is 34.0 Å². The molecule has 194 valence electrons. The predicted octanol–water partition coefficient (Wildman–Crippen LogP) is 3.54. The Kier molecular flexibility index (Phi) is 8.64. The Hall–Kier alpha value is -4.04. The summed E-state index contributed by atoms with van der Waals surface area (Å²) in [6, 6.07) is 22.7. The summed E-state index contributed by atoms with van der Waals surface area (Å²) in [5.74, 6) is 2.04. The number of nitrogens with zero attached hydrogens (tertiary/aromatic N) is 1. The molecule has 0 spiro atoms. The fourth-order valence-corrected chi connectivity index (χ4v) is 4.20. The molecular weight excluding hydrogens is 472 g/mol. The largest absolute Gasteiger partial charge is 0.494 e. The van der Waals surface area contributed by atoms with Crippen LogP contribution in [0.2, 0.25) is 0 Å². The molecule has 1 aliphatic heterocycles. The van der Waals surface area contributed by atoms with E-state index in [-0.39, 0.29) is 25.7 Å². The molecule has 0 saturated carbocycles. The minimum absolute atomic E-state index is 0.0822. The Bertz CT molecular complexity index is 1210. The number of benzene rings is 3. The van der Waals surface area contributed by atoms with E-state index in [0.29, 0.717) is 42.6 Å². The Morgan fingerprint density at radius 3 is 2.51 bits per heavy atom. The zero-order chi connectivity index (χ0) is 26.1. The van der Waals surface area contributed by atoms with Crippen molar-refractivity contribution < 1.29 is 28.8 Å². The summed E-state index contributed by atoms with van der Waals surface area (Å²) < 4.78 is 22.5. The molecule has 4 rings (SSSR count). The molecule has 8 heteroatoms. The number of carbonyl (C=O) groups is 1. The first-order valence-corrected chi connectivity index (χ1v) is 12.2. The molecule has 0 unspecified atom stereocenters. The summed E-state index contributed by atoms with van der Waals surface area (Å²) in [6.07, 6.45) is 0.955. The molecule has 3 aromatic rings. The number of hydrogen-bond donors (Lipinski definition) is 2. The maximum absolute atomic E-state index is 13.7. The van der Waals surface area contributed by atoms with E-state index in [1.165, 1.54) is 0 Å². The van der Waals surface area contributed by atoms with Crippen molar-refractivity contribution >= 4 is 11.8 Å². The summed E-state index contributed by atoms with van der Waals surface area (Å²) in [6.45, 7) is 0.887. The molecule has 0 saturated heterocycles. The molecule has 3 aromatic carbocycles. The van der Waals surface area contributed by atoms with Gasteiger partial charge in [0, 0.05) is 37.1 Å². The van der Waals surface area contributed by atoms with Crippen molar-refractivity contribution in [3.05, 3.63) is 89.5 Å². The number of para-hydroxylation sites is 1. The van der Waals surface area contributed by atoms with Crippen molar-refractivity contribution in [2.24, 2.45) is 4.99 Å². The SMILES string of the molecule is COc1cccc(CNC(=O)[C@@]2(Cc3ccccc3)COC(c3ccc(OCCCO)cc3)=N2)c1OC. The number of amides is 1. The van der Waals surface area contributed by atoms with Crippen molar-refractivity contribution in [3.63, 3.8) is 0 Å². The lowest BCUT2D eigenvalue weighted by Gasteiger charge is -2.23. The Morgan fingerprint density at radius 1 is 1.03 bits per heavy atom. The monoisotopic (exact) mass is 504 g/mol. The van der Waals surface area contributed by atoms with Crippen LogP contribution in [0.1, 0.15) is 23.1 Å². The number of carbonyl (C=O) groups excluding carboxylic acids is 1. The van der Waals surface area contributed by atoms with Gasteiger partial charge in [0.1, 0.15) is 12.4 Å². The van der Waals surface area contributed by atoms with Crippen LogP contribution < -0.4 is 19.5 Å². The van der Waals surface area contributed by atoms with E-state index in [1.807, 2.05) is 72.8 Å². The van der Waals surface area contributed by atoms with Gasteiger partial charge in [0.25, 0.3) is 5.91 Å². The van der Waals surface area contributed by atoms with Gasteiger partial charge in [-0.15, -0.1) is 0 Å². The Labute approximate surface area is 216 Å². The molecule has 1 amide bonds. The van der Waals surface area contributed by atoms with E-state index in [0.717, 1.165) is 16.7 Å². The molecule has 1 atom stereocenters. The standard InChI is InChI=1S/C29H32N2O6/c1-34-25-11-6-10-23(26(25)35-2)19-30-28(33)29(18-21-8-4-3-5-9-21)20-37-27(31-29)22-12-14-24(15-13-22)36-17-7-16-32/h3-6,8-15,32H,7,16-20H2,1-2H3,(H,30,33)/t29-/m1/s1. The topological polar surface area (TPSA) is 98.6 Å². The molecule has 2 N–H and O–H groups in total. The molecule has 8 nitrogen and oxygen atoms in total. The third-order valence-corrected chi connectivity index (χ3v) is 6.12. The summed E-state index contributed by atoms with van der Waals surface area (Å²) >= 11 is 0. The first kappa shape index (κ1) is 26.0. The van der Waals surface area contributed by atoms with Crippen LogP contribution in [0.4, 0.5) is 0 Å². The molecule has 37 heavy (non-hydrogen) atoms. The van der Waals surface area contributed by atoms with Crippen molar-refractivity contribution in [1.29, 1.82) is 0 Å². The van der Waals surface area contributed by atoms with Gasteiger partial charge in [-0.1, -0.05) is 42.5 Å². The van der Waals surface area contributed by atoms with Crippen LogP contribution >= 0.6 is 0 Å². The second-order valence-corrected chi connectivity index (χ2v) is 8.68. The Morgan fingerprint density at radius 2 is 1.81 bits per heavy atom. The molecule has 0 radical (unpaired) electrons. The second kappa shape index (κ2) is 12.3. The smallest absolute Gasteiger partial charge is 0.252 e. The summed E-state index contributed by atoms with van der Waals surface area (Å²) in [7, 11) is 3.15. The maximum Gasteiger partial charge on any atom is 0.252 e. The minimum atomic E-state index is -1.13. The minimum Gasteiger partial charge on any atom is -0.494 e. The highest BCUT2D eigenvalue weighted by Gasteiger charge is 2.44. The van der Waals surface area contributed by atoms with E-state index in [1.54, 1.807) is 14.2 Å². The van der Waals surface area contributed by atoms with Gasteiger partial charge >= 0.3 is 0 Å². The lowest BCUT2D eigenvalue weighted by molar-refractivity contribution is -0.126. The number of methoxy groups -OCH3 is 2. The van der Waals surface area contributed by atoms with E-state index in [4.69, 9.17) is 29.0 Å². The van der Waals surface area contributed by atoms with Crippen LogP contribution in [0.5, 0.6) is 17.2 Å². The normalized spacial score (nSPS) is 16.5.